The number of rotatable bonds is 11. The van der Waals surface area contributed by atoms with Gasteiger partial charge < -0.3 is 15.4 Å². The highest BCUT2D eigenvalue weighted by Crippen LogP contribution is 2.30. The Hall–Kier alpha value is -3.13. The predicted molar refractivity (Wildman–Crippen MR) is 167 cm³/mol. The normalized spacial score (nSPS) is 12.8. The van der Waals surface area contributed by atoms with Gasteiger partial charge in [0.1, 0.15) is 29.5 Å². The average Bonchev–Trinajstić information content (AvgIpc) is 3.39. The van der Waals surface area contributed by atoms with Gasteiger partial charge >= 0.3 is 0 Å². The lowest BCUT2D eigenvalue weighted by Gasteiger charge is -2.11. The molecule has 0 aliphatic carbocycles. The molecule has 2 aromatic heterocycles. The van der Waals surface area contributed by atoms with Crippen LogP contribution in [0.4, 0.5) is 11.5 Å². The molecule has 8 nitrogen and oxygen atoms in total. The van der Waals surface area contributed by atoms with Gasteiger partial charge in [-0.1, -0.05) is 18.2 Å². The van der Waals surface area contributed by atoms with Crippen LogP contribution in [0.25, 0.3) is 22.2 Å². The summed E-state index contributed by atoms with van der Waals surface area (Å²) in [5.74, 6) is 1.84. The topological polar surface area (TPSA) is 113 Å². The SMILES string of the molecule is CS(=N)(=O)CCNCc1nc(-c2ccc3ncnc(Nc4ccc(OCc5cccc(I)c5)cc4)c3c2)cs1. The highest BCUT2D eigenvalue weighted by molar-refractivity contribution is 14.1. The molecule has 1 unspecified atom stereocenters. The minimum atomic E-state index is -2.48. The van der Waals surface area contributed by atoms with Gasteiger partial charge in [-0.25, -0.2) is 15.0 Å². The van der Waals surface area contributed by atoms with Crippen molar-refractivity contribution >= 4 is 66.1 Å². The van der Waals surface area contributed by atoms with Gasteiger partial charge in [-0.2, -0.15) is 0 Å². The summed E-state index contributed by atoms with van der Waals surface area (Å²) in [6, 6.07) is 22.1. The number of nitrogens with one attached hydrogen (secondary N) is 3. The Kier molecular flexibility index (Phi) is 8.70. The van der Waals surface area contributed by atoms with Gasteiger partial charge in [0.05, 0.1) is 11.2 Å². The van der Waals surface area contributed by atoms with Gasteiger partial charge in [0, 0.05) is 60.4 Å². The molecule has 0 spiro atoms. The molecular formula is C28H27IN6O2S2. The van der Waals surface area contributed by atoms with E-state index in [2.05, 4.69) is 67.5 Å². The summed E-state index contributed by atoms with van der Waals surface area (Å²) in [5, 5.41) is 10.5. The second-order valence-corrected chi connectivity index (χ2v) is 13.6. The maximum atomic E-state index is 11.5. The van der Waals surface area contributed by atoms with Crippen LogP contribution in [0.5, 0.6) is 5.75 Å². The molecular weight excluding hydrogens is 643 g/mol. The molecule has 2 heterocycles. The quantitative estimate of drug-likeness (QED) is 0.109. The fraction of sp³-hybridized carbons (Fsp3) is 0.179. The number of thiazole rings is 1. The van der Waals surface area contributed by atoms with Crippen LogP contribution in [-0.4, -0.2) is 37.7 Å². The first kappa shape index (κ1) is 27.4. The van der Waals surface area contributed by atoms with E-state index < -0.39 is 9.73 Å². The molecule has 0 saturated heterocycles. The number of fused-ring (bicyclic) bond motifs is 1. The Bertz CT molecular complexity index is 1690. The first-order valence-corrected chi connectivity index (χ1v) is 16.3. The van der Waals surface area contributed by atoms with Crippen LogP contribution in [0, 0.1) is 8.35 Å². The summed E-state index contributed by atoms with van der Waals surface area (Å²) >= 11 is 3.87. The fourth-order valence-corrected chi connectivity index (χ4v) is 5.78. The zero-order valence-electron chi connectivity index (χ0n) is 21.2. The molecule has 0 radical (unpaired) electrons. The summed E-state index contributed by atoms with van der Waals surface area (Å²) in [6.07, 6.45) is 3.01. The molecule has 0 saturated carbocycles. The molecule has 1 atom stereocenters. The lowest BCUT2D eigenvalue weighted by atomic mass is 10.1. The van der Waals surface area contributed by atoms with Gasteiger partial charge in [0.15, 0.2) is 0 Å². The number of nitrogens with zero attached hydrogens (tertiary/aromatic N) is 3. The van der Waals surface area contributed by atoms with E-state index in [0.717, 1.165) is 44.2 Å². The fourth-order valence-electron chi connectivity index (χ4n) is 3.87. The number of hydrogen-bond donors (Lipinski definition) is 3. The first-order chi connectivity index (χ1) is 18.8. The third-order valence-corrected chi connectivity index (χ3v) is 8.34. The molecule has 200 valence electrons. The maximum absolute atomic E-state index is 11.5. The van der Waals surface area contributed by atoms with Crippen LogP contribution >= 0.6 is 33.9 Å². The molecule has 5 rings (SSSR count). The van der Waals surface area contributed by atoms with E-state index in [9.17, 15) is 4.21 Å². The van der Waals surface area contributed by atoms with Gasteiger partial charge in [-0.05, 0) is 76.7 Å². The molecule has 0 aliphatic heterocycles. The summed E-state index contributed by atoms with van der Waals surface area (Å²) < 4.78 is 26.2. The molecule has 0 bridgehead atoms. The Morgan fingerprint density at radius 1 is 1.08 bits per heavy atom. The minimum absolute atomic E-state index is 0.328. The van der Waals surface area contributed by atoms with Crippen LogP contribution in [-0.2, 0) is 22.9 Å². The first-order valence-electron chi connectivity index (χ1n) is 12.2. The summed E-state index contributed by atoms with van der Waals surface area (Å²) in [5.41, 5.74) is 4.72. The Morgan fingerprint density at radius 3 is 2.72 bits per heavy atom. The molecule has 11 heteroatoms. The predicted octanol–water partition coefficient (Wildman–Crippen LogP) is 6.45. The summed E-state index contributed by atoms with van der Waals surface area (Å²) in [7, 11) is -2.48. The average molecular weight is 671 g/mol. The molecule has 0 aliphatic rings. The van der Waals surface area contributed by atoms with Crippen LogP contribution < -0.4 is 15.4 Å². The Balaban J connectivity index is 1.26. The third kappa shape index (κ3) is 7.72. The standard InChI is InChI=1S/C28H27IN6O2S2/c1-39(30,36)12-11-31-15-27-35-26(17-38-27)20-5-10-25-24(14-20)28(33-18-32-25)34-22-6-8-23(9-7-22)37-16-19-3-2-4-21(29)13-19/h2-10,13-14,17-18,30-31H,11-12,15-16H2,1H3,(H,32,33,34). The van der Waals surface area contributed by atoms with Gasteiger partial charge in [-0.15, -0.1) is 11.3 Å². The van der Waals surface area contributed by atoms with Crippen LogP contribution in [0.2, 0.25) is 0 Å². The highest BCUT2D eigenvalue weighted by atomic mass is 127. The molecule has 3 aromatic carbocycles. The second kappa shape index (κ2) is 12.4. The Labute approximate surface area is 245 Å². The second-order valence-electron chi connectivity index (χ2n) is 9.03. The van der Waals surface area contributed by atoms with E-state index in [-0.39, 0.29) is 0 Å². The highest BCUT2D eigenvalue weighted by Gasteiger charge is 2.10. The lowest BCUT2D eigenvalue weighted by molar-refractivity contribution is 0.306. The maximum Gasteiger partial charge on any atom is 0.141 e. The zero-order valence-corrected chi connectivity index (χ0v) is 25.0. The molecule has 5 aromatic rings. The van der Waals surface area contributed by atoms with E-state index in [0.29, 0.717) is 31.3 Å². The van der Waals surface area contributed by atoms with Crippen molar-refractivity contribution < 1.29 is 8.95 Å². The van der Waals surface area contributed by atoms with Gasteiger partial charge in [0.2, 0.25) is 0 Å². The van der Waals surface area contributed by atoms with E-state index in [1.165, 1.54) is 9.83 Å². The minimum Gasteiger partial charge on any atom is -0.489 e. The third-order valence-electron chi connectivity index (χ3n) is 5.84. The van der Waals surface area contributed by atoms with Crippen molar-refractivity contribution in [3.63, 3.8) is 0 Å². The number of aromatic nitrogens is 3. The Morgan fingerprint density at radius 2 is 1.92 bits per heavy atom. The van der Waals surface area contributed by atoms with Crippen molar-refractivity contribution in [1.82, 2.24) is 20.3 Å². The molecule has 0 fully saturated rings. The van der Waals surface area contributed by atoms with E-state index >= 15 is 0 Å². The smallest absolute Gasteiger partial charge is 0.141 e. The summed E-state index contributed by atoms with van der Waals surface area (Å²) in [6.45, 7) is 1.62. The molecule has 3 N–H and O–H groups in total. The van der Waals surface area contributed by atoms with E-state index in [4.69, 9.17) is 14.5 Å². The lowest BCUT2D eigenvalue weighted by Crippen LogP contribution is -2.21. The summed E-state index contributed by atoms with van der Waals surface area (Å²) in [4.78, 5) is 13.7. The number of anilines is 2. The van der Waals surface area contributed by atoms with E-state index in [1.54, 1.807) is 17.7 Å². The van der Waals surface area contributed by atoms with Crippen LogP contribution in [0.15, 0.2) is 78.4 Å². The van der Waals surface area contributed by atoms with Crippen molar-refractivity contribution in [2.75, 3.05) is 23.9 Å². The zero-order chi connectivity index (χ0) is 27.2. The van der Waals surface area contributed by atoms with Gasteiger partial charge in [-0.3, -0.25) is 8.99 Å². The number of hydrogen-bond acceptors (Lipinski definition) is 9. The van der Waals surface area contributed by atoms with E-state index in [1.807, 2.05) is 47.8 Å². The molecule has 39 heavy (non-hydrogen) atoms. The number of halogens is 1. The number of ether oxygens (including phenoxy) is 1. The van der Waals surface area contributed by atoms with Crippen LogP contribution in [0.3, 0.4) is 0 Å². The van der Waals surface area contributed by atoms with Crippen molar-refractivity contribution in [1.29, 1.82) is 4.78 Å². The molecule has 0 amide bonds. The van der Waals surface area contributed by atoms with Crippen LogP contribution in [0.1, 0.15) is 10.6 Å². The largest absolute Gasteiger partial charge is 0.489 e. The van der Waals surface area contributed by atoms with Gasteiger partial charge in [0.25, 0.3) is 0 Å². The van der Waals surface area contributed by atoms with Crippen molar-refractivity contribution in [3.05, 3.63) is 92.6 Å². The van der Waals surface area contributed by atoms with Crippen molar-refractivity contribution in [3.8, 4) is 17.0 Å². The monoisotopic (exact) mass is 670 g/mol. The van der Waals surface area contributed by atoms with Crippen molar-refractivity contribution in [2.45, 2.75) is 13.2 Å². The van der Waals surface area contributed by atoms with Crippen molar-refractivity contribution in [2.24, 2.45) is 0 Å². The number of benzene rings is 3.